The van der Waals surface area contributed by atoms with Gasteiger partial charge in [-0.1, -0.05) is 29.8 Å². The second-order valence-corrected chi connectivity index (χ2v) is 6.09. The Labute approximate surface area is 133 Å². The van der Waals surface area contributed by atoms with Gasteiger partial charge < -0.3 is 10.0 Å². The van der Waals surface area contributed by atoms with Gasteiger partial charge in [-0.05, 0) is 19.4 Å². The smallest absolute Gasteiger partial charge is 0.257 e. The van der Waals surface area contributed by atoms with Gasteiger partial charge >= 0.3 is 0 Å². The lowest BCUT2D eigenvalue weighted by molar-refractivity contribution is 0.0763. The predicted molar refractivity (Wildman–Crippen MR) is 84.7 cm³/mol. The lowest BCUT2D eigenvalue weighted by Crippen LogP contribution is -2.30. The summed E-state index contributed by atoms with van der Waals surface area (Å²) in [4.78, 5) is 14.5. The monoisotopic (exact) mass is 319 g/mol. The number of H-pyrrole nitrogens is 1. The summed E-state index contributed by atoms with van der Waals surface area (Å²) in [5.74, 6) is 0.0615. The van der Waals surface area contributed by atoms with Crippen molar-refractivity contribution in [3.8, 4) is 11.3 Å². The molecule has 5 nitrogen and oxygen atoms in total. The molecule has 1 aromatic heterocycles. The average molecular weight is 320 g/mol. The van der Waals surface area contributed by atoms with Crippen LogP contribution in [0.1, 0.15) is 23.7 Å². The van der Waals surface area contributed by atoms with Crippen molar-refractivity contribution in [1.82, 2.24) is 15.1 Å². The number of aliphatic hydroxyl groups is 1. The van der Waals surface area contributed by atoms with Gasteiger partial charge in [0.05, 0.1) is 23.6 Å². The van der Waals surface area contributed by atoms with E-state index in [1.807, 2.05) is 18.2 Å². The van der Waals surface area contributed by atoms with Crippen molar-refractivity contribution in [1.29, 1.82) is 0 Å². The standard InChI is InChI=1S/C16H18ClN3O2/c1-10(21)11-6-7-20(9-11)16(22)13-8-18-19-15(13)12-4-2-3-5-14(12)17/h2-5,8,10-11,21H,6-7,9H2,1H3,(H,18,19). The Bertz CT molecular complexity index is 684. The molecule has 1 aliphatic heterocycles. The van der Waals surface area contributed by atoms with Crippen LogP contribution >= 0.6 is 11.6 Å². The molecule has 0 aliphatic carbocycles. The molecule has 2 N–H and O–H groups in total. The summed E-state index contributed by atoms with van der Waals surface area (Å²) in [6.07, 6.45) is 1.96. The number of nitrogens with zero attached hydrogens (tertiary/aromatic N) is 2. The number of carbonyl (C=O) groups excluding carboxylic acids is 1. The average Bonchev–Trinajstić information content (AvgIpc) is 3.16. The topological polar surface area (TPSA) is 69.2 Å². The first kappa shape index (κ1) is 15.1. The molecule has 1 amide bonds. The second kappa shape index (κ2) is 6.10. The normalized spacial score (nSPS) is 19.4. The number of hydrogen-bond donors (Lipinski definition) is 2. The fourth-order valence-electron chi connectivity index (χ4n) is 2.85. The summed E-state index contributed by atoms with van der Waals surface area (Å²) in [6, 6.07) is 7.35. The van der Waals surface area contributed by atoms with Crippen LogP contribution in [0, 0.1) is 5.92 Å². The third kappa shape index (κ3) is 2.74. The number of amides is 1. The van der Waals surface area contributed by atoms with Crippen LogP contribution in [-0.2, 0) is 0 Å². The molecule has 2 heterocycles. The molecule has 2 unspecified atom stereocenters. The van der Waals surface area contributed by atoms with E-state index < -0.39 is 6.10 Å². The number of likely N-dealkylation sites (tertiary alicyclic amines) is 1. The number of aromatic nitrogens is 2. The molecular formula is C16H18ClN3O2. The highest BCUT2D eigenvalue weighted by molar-refractivity contribution is 6.33. The molecule has 1 aliphatic rings. The van der Waals surface area contributed by atoms with E-state index in [0.717, 1.165) is 12.0 Å². The minimum absolute atomic E-state index is 0.0770. The number of aromatic amines is 1. The van der Waals surface area contributed by atoms with Crippen molar-refractivity contribution in [2.45, 2.75) is 19.4 Å². The number of halogens is 1. The zero-order valence-corrected chi connectivity index (χ0v) is 13.0. The fraction of sp³-hybridized carbons (Fsp3) is 0.375. The van der Waals surface area contributed by atoms with E-state index in [1.165, 1.54) is 6.20 Å². The van der Waals surface area contributed by atoms with E-state index in [1.54, 1.807) is 17.9 Å². The number of rotatable bonds is 3. The van der Waals surface area contributed by atoms with Crippen molar-refractivity contribution in [2.75, 3.05) is 13.1 Å². The zero-order chi connectivity index (χ0) is 15.7. The summed E-state index contributed by atoms with van der Waals surface area (Å²) >= 11 is 6.21. The summed E-state index contributed by atoms with van der Waals surface area (Å²) in [5, 5.41) is 17.1. The van der Waals surface area contributed by atoms with E-state index in [9.17, 15) is 9.90 Å². The largest absolute Gasteiger partial charge is 0.393 e. The van der Waals surface area contributed by atoms with Gasteiger partial charge in [0.25, 0.3) is 5.91 Å². The Morgan fingerprint density at radius 2 is 2.27 bits per heavy atom. The number of hydrogen-bond acceptors (Lipinski definition) is 3. The molecule has 0 bridgehead atoms. The summed E-state index contributed by atoms with van der Waals surface area (Å²) in [7, 11) is 0. The van der Waals surface area contributed by atoms with E-state index in [-0.39, 0.29) is 11.8 Å². The minimum Gasteiger partial charge on any atom is -0.393 e. The summed E-state index contributed by atoms with van der Waals surface area (Å²) in [5.41, 5.74) is 1.91. The molecule has 1 aromatic carbocycles. The van der Waals surface area contributed by atoms with Crippen LogP contribution in [0.3, 0.4) is 0 Å². The van der Waals surface area contributed by atoms with Crippen LogP contribution in [0.4, 0.5) is 0 Å². The lowest BCUT2D eigenvalue weighted by atomic mass is 10.0. The highest BCUT2D eigenvalue weighted by Gasteiger charge is 2.31. The zero-order valence-electron chi connectivity index (χ0n) is 12.3. The van der Waals surface area contributed by atoms with Crippen molar-refractivity contribution < 1.29 is 9.90 Å². The van der Waals surface area contributed by atoms with E-state index >= 15 is 0 Å². The molecule has 1 fully saturated rings. The van der Waals surface area contributed by atoms with Gasteiger partial charge in [0.15, 0.2) is 0 Å². The lowest BCUT2D eigenvalue weighted by Gasteiger charge is -2.17. The summed E-state index contributed by atoms with van der Waals surface area (Å²) < 4.78 is 0. The molecule has 6 heteroatoms. The first-order chi connectivity index (χ1) is 10.6. The maximum Gasteiger partial charge on any atom is 0.257 e. The van der Waals surface area contributed by atoms with Crippen molar-refractivity contribution in [3.05, 3.63) is 41.0 Å². The van der Waals surface area contributed by atoms with Gasteiger partial charge in [-0.3, -0.25) is 9.89 Å². The molecule has 22 heavy (non-hydrogen) atoms. The number of carbonyl (C=O) groups is 1. The quantitative estimate of drug-likeness (QED) is 0.913. The van der Waals surface area contributed by atoms with Gasteiger partial charge in [-0.2, -0.15) is 5.10 Å². The third-order valence-corrected chi connectivity index (χ3v) is 4.54. The molecule has 0 spiro atoms. The van der Waals surface area contributed by atoms with Gasteiger partial charge in [-0.15, -0.1) is 0 Å². The van der Waals surface area contributed by atoms with E-state index in [2.05, 4.69) is 10.2 Å². The third-order valence-electron chi connectivity index (χ3n) is 4.21. The molecule has 1 saturated heterocycles. The Hall–Kier alpha value is -1.85. The predicted octanol–water partition coefficient (Wildman–Crippen LogP) is 2.57. The van der Waals surface area contributed by atoms with Gasteiger partial charge in [0, 0.05) is 29.6 Å². The van der Waals surface area contributed by atoms with Gasteiger partial charge in [0.2, 0.25) is 0 Å². The molecule has 2 aromatic rings. The Morgan fingerprint density at radius 3 is 2.95 bits per heavy atom. The maximum absolute atomic E-state index is 12.7. The Morgan fingerprint density at radius 1 is 1.50 bits per heavy atom. The van der Waals surface area contributed by atoms with E-state index in [4.69, 9.17) is 11.6 Å². The Kier molecular flexibility index (Phi) is 4.18. The first-order valence-electron chi connectivity index (χ1n) is 7.33. The van der Waals surface area contributed by atoms with E-state index in [0.29, 0.717) is 29.4 Å². The molecule has 0 saturated carbocycles. The van der Waals surface area contributed by atoms with Crippen LogP contribution in [0.15, 0.2) is 30.5 Å². The molecule has 2 atom stereocenters. The molecular weight excluding hydrogens is 302 g/mol. The number of aliphatic hydroxyl groups excluding tert-OH is 1. The van der Waals surface area contributed by atoms with Crippen LogP contribution in [0.5, 0.6) is 0 Å². The molecule has 116 valence electrons. The van der Waals surface area contributed by atoms with Crippen molar-refractivity contribution >= 4 is 17.5 Å². The van der Waals surface area contributed by atoms with Crippen molar-refractivity contribution in [3.63, 3.8) is 0 Å². The minimum atomic E-state index is -0.398. The molecule has 3 rings (SSSR count). The van der Waals surface area contributed by atoms with Gasteiger partial charge in [0.1, 0.15) is 0 Å². The first-order valence-corrected chi connectivity index (χ1v) is 7.71. The number of benzene rings is 1. The number of nitrogens with one attached hydrogen (secondary N) is 1. The second-order valence-electron chi connectivity index (χ2n) is 5.68. The fourth-order valence-corrected chi connectivity index (χ4v) is 3.08. The van der Waals surface area contributed by atoms with Crippen LogP contribution in [-0.4, -0.2) is 45.3 Å². The van der Waals surface area contributed by atoms with Crippen LogP contribution in [0.25, 0.3) is 11.3 Å². The maximum atomic E-state index is 12.7. The van der Waals surface area contributed by atoms with Crippen molar-refractivity contribution in [2.24, 2.45) is 5.92 Å². The highest BCUT2D eigenvalue weighted by Crippen LogP contribution is 2.30. The van der Waals surface area contributed by atoms with Crippen LogP contribution in [0.2, 0.25) is 5.02 Å². The summed E-state index contributed by atoms with van der Waals surface area (Å²) in [6.45, 7) is 3.00. The SMILES string of the molecule is CC(O)C1CCN(C(=O)c2cn[nH]c2-c2ccccc2Cl)C1. The Balaban J connectivity index is 1.87. The molecule has 0 radical (unpaired) electrons. The van der Waals surface area contributed by atoms with Crippen LogP contribution < -0.4 is 0 Å². The highest BCUT2D eigenvalue weighted by atomic mass is 35.5. The van der Waals surface area contributed by atoms with Gasteiger partial charge in [-0.25, -0.2) is 0 Å².